The quantitative estimate of drug-likeness (QED) is 0.719. The van der Waals surface area contributed by atoms with Crippen molar-refractivity contribution in [1.82, 2.24) is 9.38 Å². The van der Waals surface area contributed by atoms with Crippen molar-refractivity contribution in [2.45, 2.75) is 12.8 Å². The van der Waals surface area contributed by atoms with Crippen LogP contribution in [-0.2, 0) is 6.42 Å². The van der Waals surface area contributed by atoms with E-state index >= 15 is 0 Å². The number of pyridine rings is 1. The Balaban J connectivity index is 2.43. The molecule has 0 N–H and O–H groups in total. The first-order chi connectivity index (χ1) is 6.75. The largest absolute Gasteiger partial charge is 0.296 e. The number of aromatic nitrogens is 2. The van der Waals surface area contributed by atoms with Gasteiger partial charge in [0, 0.05) is 17.1 Å². The molecule has 0 radical (unpaired) electrons. The van der Waals surface area contributed by atoms with Crippen molar-refractivity contribution >= 4 is 27.4 Å². The number of rotatable bonds is 0. The van der Waals surface area contributed by atoms with E-state index in [1.807, 2.05) is 22.7 Å². The lowest BCUT2D eigenvalue weighted by Crippen LogP contribution is -1.98. The van der Waals surface area contributed by atoms with Gasteiger partial charge >= 0.3 is 0 Å². The maximum absolute atomic E-state index is 11.6. The van der Waals surface area contributed by atoms with Crippen LogP contribution in [-0.4, -0.2) is 15.2 Å². The van der Waals surface area contributed by atoms with Crippen LogP contribution in [0, 0.1) is 0 Å². The van der Waals surface area contributed by atoms with Crippen LogP contribution in [0.15, 0.2) is 22.8 Å². The number of hydrogen-bond acceptors (Lipinski definition) is 2. The number of imidazole rings is 1. The first-order valence-electron chi connectivity index (χ1n) is 4.45. The zero-order chi connectivity index (χ0) is 9.71. The van der Waals surface area contributed by atoms with Crippen molar-refractivity contribution in [3.8, 4) is 0 Å². The highest BCUT2D eigenvalue weighted by Crippen LogP contribution is 2.24. The zero-order valence-corrected chi connectivity index (χ0v) is 8.91. The first-order valence-corrected chi connectivity index (χ1v) is 5.25. The van der Waals surface area contributed by atoms with E-state index in [4.69, 9.17) is 0 Å². The molecule has 3 nitrogen and oxygen atoms in total. The average Bonchev–Trinajstić information content (AvgIpc) is 2.67. The second-order valence-electron chi connectivity index (χ2n) is 3.41. The Morgan fingerprint density at radius 2 is 2.21 bits per heavy atom. The molecule has 0 aromatic carbocycles. The number of ketones is 1. The average molecular weight is 251 g/mol. The second-order valence-corrected chi connectivity index (χ2v) is 4.32. The number of halogens is 1. The number of carbonyl (C=O) groups excluding carboxylic acids is 1. The third-order valence-electron chi connectivity index (χ3n) is 2.51. The molecule has 0 fully saturated rings. The predicted molar refractivity (Wildman–Crippen MR) is 55.5 cm³/mol. The van der Waals surface area contributed by atoms with E-state index in [1.165, 1.54) is 0 Å². The highest BCUT2D eigenvalue weighted by molar-refractivity contribution is 9.10. The van der Waals surface area contributed by atoms with Crippen molar-refractivity contribution in [3.05, 3.63) is 34.2 Å². The van der Waals surface area contributed by atoms with E-state index in [0.29, 0.717) is 6.42 Å². The Labute approximate surface area is 88.9 Å². The van der Waals surface area contributed by atoms with Crippen LogP contribution >= 0.6 is 15.9 Å². The van der Waals surface area contributed by atoms with Crippen molar-refractivity contribution in [1.29, 1.82) is 0 Å². The van der Waals surface area contributed by atoms with Crippen LogP contribution in [0.2, 0.25) is 0 Å². The number of Topliss-reactive ketones (excluding diaryl/α,β-unsaturated/α-hetero) is 1. The topological polar surface area (TPSA) is 34.4 Å². The Kier molecular flexibility index (Phi) is 1.56. The molecule has 0 aliphatic heterocycles. The molecule has 3 rings (SSSR count). The van der Waals surface area contributed by atoms with Gasteiger partial charge in [-0.2, -0.15) is 0 Å². The highest BCUT2D eigenvalue weighted by atomic mass is 79.9. The lowest BCUT2D eigenvalue weighted by molar-refractivity contribution is 0.0989. The monoisotopic (exact) mass is 250 g/mol. The minimum atomic E-state index is 0.200. The molecule has 0 saturated carbocycles. The summed E-state index contributed by atoms with van der Waals surface area (Å²) in [6.45, 7) is 0. The zero-order valence-electron chi connectivity index (χ0n) is 7.33. The van der Waals surface area contributed by atoms with Gasteiger partial charge in [-0.25, -0.2) is 4.98 Å². The maximum Gasteiger partial charge on any atom is 0.181 e. The van der Waals surface area contributed by atoms with Crippen molar-refractivity contribution in [2.75, 3.05) is 0 Å². The minimum absolute atomic E-state index is 0.200. The van der Waals surface area contributed by atoms with Gasteiger partial charge in [0.25, 0.3) is 0 Å². The molecule has 0 spiro atoms. The molecule has 0 amide bonds. The smallest absolute Gasteiger partial charge is 0.181 e. The molecule has 2 aromatic heterocycles. The fraction of sp³-hybridized carbons (Fsp3) is 0.200. The Bertz CT molecular complexity index is 544. The molecule has 1 aliphatic rings. The maximum atomic E-state index is 11.6. The van der Waals surface area contributed by atoms with Gasteiger partial charge in [-0.05, 0) is 34.5 Å². The standard InChI is InChI=1S/C10H7BrN2O/c11-6-1-4-9-12-7-2-3-8(14)10(7)13(9)5-6/h1,4-5H,2-3H2. The van der Waals surface area contributed by atoms with Gasteiger partial charge in [-0.15, -0.1) is 0 Å². The van der Waals surface area contributed by atoms with Crippen molar-refractivity contribution in [2.24, 2.45) is 0 Å². The lowest BCUT2D eigenvalue weighted by Gasteiger charge is -1.97. The van der Waals surface area contributed by atoms with Gasteiger partial charge in [0.15, 0.2) is 5.78 Å². The third kappa shape index (κ3) is 0.973. The molecule has 0 atom stereocenters. The molecule has 2 heterocycles. The lowest BCUT2D eigenvalue weighted by atomic mass is 10.3. The van der Waals surface area contributed by atoms with Crippen LogP contribution in [0.1, 0.15) is 22.6 Å². The van der Waals surface area contributed by atoms with Crippen LogP contribution in [0.25, 0.3) is 5.65 Å². The SMILES string of the molecule is O=C1CCc2nc3ccc(Br)cn3c21. The summed E-state index contributed by atoms with van der Waals surface area (Å²) in [6, 6.07) is 3.84. The van der Waals surface area contributed by atoms with Crippen LogP contribution < -0.4 is 0 Å². The molecule has 2 aromatic rings. The molecule has 0 saturated heterocycles. The van der Waals surface area contributed by atoms with Crippen LogP contribution in [0.3, 0.4) is 0 Å². The van der Waals surface area contributed by atoms with E-state index < -0.39 is 0 Å². The number of carbonyl (C=O) groups is 1. The summed E-state index contributed by atoms with van der Waals surface area (Å²) in [5.41, 5.74) is 2.56. The van der Waals surface area contributed by atoms with Gasteiger partial charge in [0.2, 0.25) is 0 Å². The van der Waals surface area contributed by atoms with E-state index in [2.05, 4.69) is 20.9 Å². The van der Waals surface area contributed by atoms with Crippen LogP contribution in [0.5, 0.6) is 0 Å². The number of nitrogens with zero attached hydrogens (tertiary/aromatic N) is 2. The molecule has 1 aliphatic carbocycles. The summed E-state index contributed by atoms with van der Waals surface area (Å²) in [5.74, 6) is 0.200. The van der Waals surface area contributed by atoms with Gasteiger partial charge < -0.3 is 0 Å². The summed E-state index contributed by atoms with van der Waals surface area (Å²) in [7, 11) is 0. The third-order valence-corrected chi connectivity index (χ3v) is 2.98. The summed E-state index contributed by atoms with van der Waals surface area (Å²) < 4.78 is 2.83. The van der Waals surface area contributed by atoms with Crippen molar-refractivity contribution < 1.29 is 4.79 Å². The van der Waals surface area contributed by atoms with Crippen molar-refractivity contribution in [3.63, 3.8) is 0 Å². The fourth-order valence-electron chi connectivity index (χ4n) is 1.89. The van der Waals surface area contributed by atoms with E-state index in [0.717, 1.165) is 27.9 Å². The number of hydrogen-bond donors (Lipinski definition) is 0. The molecular formula is C10H7BrN2O. The molecule has 0 bridgehead atoms. The van der Waals surface area contributed by atoms with Gasteiger partial charge in [-0.3, -0.25) is 9.20 Å². The Morgan fingerprint density at radius 1 is 1.36 bits per heavy atom. The van der Waals surface area contributed by atoms with Gasteiger partial charge in [-0.1, -0.05) is 0 Å². The number of fused-ring (bicyclic) bond motifs is 3. The molecular weight excluding hydrogens is 244 g/mol. The summed E-state index contributed by atoms with van der Waals surface area (Å²) in [6.07, 6.45) is 3.28. The van der Waals surface area contributed by atoms with Crippen LogP contribution in [0.4, 0.5) is 0 Å². The summed E-state index contributed by atoms with van der Waals surface area (Å²) in [4.78, 5) is 16.0. The highest BCUT2D eigenvalue weighted by Gasteiger charge is 2.25. The number of aryl methyl sites for hydroxylation is 1. The van der Waals surface area contributed by atoms with E-state index in [9.17, 15) is 4.79 Å². The predicted octanol–water partition coefficient (Wildman–Crippen LogP) is 2.23. The Morgan fingerprint density at radius 3 is 3.07 bits per heavy atom. The Hall–Kier alpha value is -1.16. The molecule has 14 heavy (non-hydrogen) atoms. The molecule has 70 valence electrons. The fourth-order valence-corrected chi connectivity index (χ4v) is 2.22. The normalized spacial score (nSPS) is 15.1. The summed E-state index contributed by atoms with van der Waals surface area (Å²) in [5, 5.41) is 0. The van der Waals surface area contributed by atoms with Gasteiger partial charge in [0.05, 0.1) is 5.69 Å². The first kappa shape index (κ1) is 8.17. The molecule has 4 heteroatoms. The second kappa shape index (κ2) is 2.67. The minimum Gasteiger partial charge on any atom is -0.296 e. The van der Waals surface area contributed by atoms with E-state index in [-0.39, 0.29) is 5.78 Å². The van der Waals surface area contributed by atoms with Gasteiger partial charge in [0.1, 0.15) is 11.3 Å². The molecule has 0 unspecified atom stereocenters. The summed E-state index contributed by atoms with van der Waals surface area (Å²) >= 11 is 3.39. The van der Waals surface area contributed by atoms with E-state index in [1.54, 1.807) is 0 Å².